The van der Waals surface area contributed by atoms with Crippen molar-refractivity contribution in [1.82, 2.24) is 15.2 Å². The van der Waals surface area contributed by atoms with E-state index in [1.807, 2.05) is 12.3 Å². The van der Waals surface area contributed by atoms with Crippen LogP contribution in [0.5, 0.6) is 0 Å². The third-order valence-corrected chi connectivity index (χ3v) is 3.71. The molecule has 94 valence electrons. The van der Waals surface area contributed by atoms with Gasteiger partial charge in [0.1, 0.15) is 0 Å². The molecule has 0 saturated carbocycles. The van der Waals surface area contributed by atoms with E-state index in [0.29, 0.717) is 18.0 Å². The summed E-state index contributed by atoms with van der Waals surface area (Å²) in [5, 5.41) is 3.49. The quantitative estimate of drug-likeness (QED) is 0.866. The van der Waals surface area contributed by atoms with Gasteiger partial charge < -0.3 is 5.32 Å². The van der Waals surface area contributed by atoms with Gasteiger partial charge in [0, 0.05) is 37.9 Å². The van der Waals surface area contributed by atoms with Crippen LogP contribution in [0.1, 0.15) is 32.5 Å². The van der Waals surface area contributed by atoms with Crippen molar-refractivity contribution >= 4 is 0 Å². The first-order valence-electron chi connectivity index (χ1n) is 6.57. The number of nitrogens with one attached hydrogen (secondary N) is 1. The number of nitrogens with zero attached hydrogens (tertiary/aromatic N) is 2. The standard InChI is InChI=1S/C14H23N3/c1-11(2)14-10-15-8-9-17(14)12(3)13-6-4-5-7-16-13/h4-7,11-12,14-15H,8-10H2,1-3H3. The molecule has 1 aliphatic heterocycles. The maximum atomic E-state index is 4.49. The zero-order valence-electron chi connectivity index (χ0n) is 11.1. The number of aromatic nitrogens is 1. The average Bonchev–Trinajstić information content (AvgIpc) is 2.39. The molecule has 2 unspecified atom stereocenters. The fraction of sp³-hybridized carbons (Fsp3) is 0.643. The van der Waals surface area contributed by atoms with Crippen LogP contribution in [0.2, 0.25) is 0 Å². The summed E-state index contributed by atoms with van der Waals surface area (Å²) in [6.07, 6.45) is 1.89. The maximum Gasteiger partial charge on any atom is 0.0572 e. The molecule has 1 fully saturated rings. The van der Waals surface area contributed by atoms with Crippen LogP contribution < -0.4 is 5.32 Å². The summed E-state index contributed by atoms with van der Waals surface area (Å²) in [5.41, 5.74) is 1.18. The highest BCUT2D eigenvalue weighted by molar-refractivity contribution is 5.09. The lowest BCUT2D eigenvalue weighted by Gasteiger charge is -2.42. The van der Waals surface area contributed by atoms with E-state index in [2.05, 4.69) is 48.1 Å². The Balaban J connectivity index is 2.14. The van der Waals surface area contributed by atoms with Crippen molar-refractivity contribution in [2.45, 2.75) is 32.9 Å². The Labute approximate surface area is 104 Å². The molecule has 3 nitrogen and oxygen atoms in total. The van der Waals surface area contributed by atoms with Crippen molar-refractivity contribution in [3.8, 4) is 0 Å². The van der Waals surface area contributed by atoms with E-state index < -0.39 is 0 Å². The fourth-order valence-corrected chi connectivity index (χ4v) is 2.63. The second-order valence-corrected chi connectivity index (χ2v) is 5.18. The topological polar surface area (TPSA) is 28.2 Å². The number of rotatable bonds is 3. The Morgan fingerprint density at radius 3 is 2.82 bits per heavy atom. The predicted molar refractivity (Wildman–Crippen MR) is 70.9 cm³/mol. The van der Waals surface area contributed by atoms with Gasteiger partial charge in [0.25, 0.3) is 0 Å². The molecule has 0 amide bonds. The second-order valence-electron chi connectivity index (χ2n) is 5.18. The Morgan fingerprint density at radius 1 is 1.35 bits per heavy atom. The van der Waals surface area contributed by atoms with Crippen molar-refractivity contribution in [2.24, 2.45) is 5.92 Å². The van der Waals surface area contributed by atoms with Crippen molar-refractivity contribution < 1.29 is 0 Å². The van der Waals surface area contributed by atoms with Gasteiger partial charge in [0.15, 0.2) is 0 Å². The van der Waals surface area contributed by atoms with E-state index in [1.165, 1.54) is 5.69 Å². The zero-order valence-corrected chi connectivity index (χ0v) is 11.1. The summed E-state index contributed by atoms with van der Waals surface area (Å²) in [6.45, 7) is 10.2. The molecule has 1 aliphatic rings. The molecule has 3 heteroatoms. The first-order chi connectivity index (χ1) is 8.20. The van der Waals surface area contributed by atoms with Gasteiger partial charge in [-0.25, -0.2) is 0 Å². The first-order valence-corrected chi connectivity index (χ1v) is 6.57. The highest BCUT2D eigenvalue weighted by Crippen LogP contribution is 2.24. The lowest BCUT2D eigenvalue weighted by molar-refractivity contribution is 0.0825. The minimum Gasteiger partial charge on any atom is -0.314 e. The molecule has 1 saturated heterocycles. The smallest absolute Gasteiger partial charge is 0.0572 e. The van der Waals surface area contributed by atoms with Gasteiger partial charge in [0.2, 0.25) is 0 Å². The van der Waals surface area contributed by atoms with Crippen LogP contribution in [0.15, 0.2) is 24.4 Å². The molecule has 0 spiro atoms. The van der Waals surface area contributed by atoms with Gasteiger partial charge in [-0.15, -0.1) is 0 Å². The summed E-state index contributed by atoms with van der Waals surface area (Å²) < 4.78 is 0. The van der Waals surface area contributed by atoms with E-state index in [1.54, 1.807) is 0 Å². The fourth-order valence-electron chi connectivity index (χ4n) is 2.63. The van der Waals surface area contributed by atoms with E-state index >= 15 is 0 Å². The molecular weight excluding hydrogens is 210 g/mol. The molecule has 0 aliphatic carbocycles. The predicted octanol–water partition coefficient (Wildman–Crippen LogP) is 2.07. The van der Waals surface area contributed by atoms with Gasteiger partial charge in [-0.3, -0.25) is 9.88 Å². The zero-order chi connectivity index (χ0) is 12.3. The molecule has 1 N–H and O–H groups in total. The molecular formula is C14H23N3. The van der Waals surface area contributed by atoms with Crippen molar-refractivity contribution in [3.05, 3.63) is 30.1 Å². The van der Waals surface area contributed by atoms with Gasteiger partial charge in [0.05, 0.1) is 5.69 Å². The van der Waals surface area contributed by atoms with Crippen LogP contribution in [0.4, 0.5) is 0 Å². The monoisotopic (exact) mass is 233 g/mol. The number of pyridine rings is 1. The van der Waals surface area contributed by atoms with Gasteiger partial charge in [-0.1, -0.05) is 19.9 Å². The van der Waals surface area contributed by atoms with Crippen molar-refractivity contribution in [2.75, 3.05) is 19.6 Å². The van der Waals surface area contributed by atoms with Crippen molar-refractivity contribution in [3.63, 3.8) is 0 Å². The lowest BCUT2D eigenvalue weighted by atomic mass is 9.98. The highest BCUT2D eigenvalue weighted by atomic mass is 15.2. The minimum absolute atomic E-state index is 0.408. The number of hydrogen-bond acceptors (Lipinski definition) is 3. The van der Waals surface area contributed by atoms with Crippen LogP contribution in [0, 0.1) is 5.92 Å². The summed E-state index contributed by atoms with van der Waals surface area (Å²) in [5.74, 6) is 0.675. The van der Waals surface area contributed by atoms with Gasteiger partial charge in [-0.05, 0) is 25.0 Å². The summed E-state index contributed by atoms with van der Waals surface area (Å²) in [4.78, 5) is 7.07. The van der Waals surface area contributed by atoms with E-state index in [-0.39, 0.29) is 0 Å². The Morgan fingerprint density at radius 2 is 2.18 bits per heavy atom. The third-order valence-electron chi connectivity index (χ3n) is 3.71. The molecule has 2 heterocycles. The van der Waals surface area contributed by atoms with Crippen LogP contribution in [-0.4, -0.2) is 35.6 Å². The molecule has 1 aromatic rings. The van der Waals surface area contributed by atoms with E-state index in [9.17, 15) is 0 Å². The normalized spacial score (nSPS) is 23.9. The van der Waals surface area contributed by atoms with Crippen LogP contribution in [0.25, 0.3) is 0 Å². The summed E-state index contributed by atoms with van der Waals surface area (Å²) >= 11 is 0. The Hall–Kier alpha value is -0.930. The summed E-state index contributed by atoms with van der Waals surface area (Å²) in [7, 11) is 0. The molecule has 17 heavy (non-hydrogen) atoms. The average molecular weight is 233 g/mol. The third kappa shape index (κ3) is 2.85. The Bertz CT molecular complexity index is 337. The lowest BCUT2D eigenvalue weighted by Crippen LogP contribution is -2.54. The van der Waals surface area contributed by atoms with Gasteiger partial charge >= 0.3 is 0 Å². The molecule has 2 rings (SSSR count). The maximum absolute atomic E-state index is 4.49. The first kappa shape index (κ1) is 12.5. The largest absolute Gasteiger partial charge is 0.314 e. The summed E-state index contributed by atoms with van der Waals surface area (Å²) in [6, 6.07) is 7.20. The van der Waals surface area contributed by atoms with Crippen molar-refractivity contribution in [1.29, 1.82) is 0 Å². The minimum atomic E-state index is 0.408. The molecule has 0 radical (unpaired) electrons. The van der Waals surface area contributed by atoms with Crippen LogP contribution in [0.3, 0.4) is 0 Å². The number of piperazine rings is 1. The molecule has 0 bridgehead atoms. The van der Waals surface area contributed by atoms with Gasteiger partial charge in [-0.2, -0.15) is 0 Å². The van der Waals surface area contributed by atoms with Crippen LogP contribution in [-0.2, 0) is 0 Å². The molecule has 1 aromatic heterocycles. The number of hydrogen-bond donors (Lipinski definition) is 1. The second kappa shape index (κ2) is 5.61. The SMILES string of the molecule is CC(C)C1CNCCN1C(C)c1ccccn1. The molecule has 0 aromatic carbocycles. The van der Waals surface area contributed by atoms with Crippen LogP contribution >= 0.6 is 0 Å². The molecule has 2 atom stereocenters. The van der Waals surface area contributed by atoms with E-state index in [0.717, 1.165) is 19.6 Å². The Kier molecular flexibility index (Phi) is 4.13. The van der Waals surface area contributed by atoms with E-state index in [4.69, 9.17) is 0 Å². The highest BCUT2D eigenvalue weighted by Gasteiger charge is 2.29.